The van der Waals surface area contributed by atoms with E-state index in [2.05, 4.69) is 53.1 Å². The molecule has 0 spiro atoms. The number of aromatic nitrogens is 1. The van der Waals surface area contributed by atoms with Crippen LogP contribution in [0.25, 0.3) is 10.9 Å². The molecule has 1 unspecified atom stereocenters. The number of para-hydroxylation sites is 1. The molecular weight excluding hydrogens is 373 g/mol. The predicted molar refractivity (Wildman–Crippen MR) is 105 cm³/mol. The molecule has 0 radical (unpaired) electrons. The number of nitrogens with zero attached hydrogens (tertiary/aromatic N) is 1. The van der Waals surface area contributed by atoms with Crippen molar-refractivity contribution in [2.75, 3.05) is 0 Å². The number of hydrogen-bond donors (Lipinski definition) is 0. The van der Waals surface area contributed by atoms with Crippen molar-refractivity contribution in [3.8, 4) is 0 Å². The number of fused-ring (bicyclic) bond motifs is 1. The molecule has 3 aromatic rings. The van der Waals surface area contributed by atoms with E-state index in [0.29, 0.717) is 5.92 Å². The Morgan fingerprint density at radius 2 is 1.88 bits per heavy atom. The SMILES string of the molecule is O=C([Se]c1ccccc1)c1cc2ccccc2n1CC1C=CCCC1. The molecule has 126 valence electrons. The Morgan fingerprint density at radius 1 is 1.08 bits per heavy atom. The fraction of sp³-hybridized carbons (Fsp3) is 0.227. The van der Waals surface area contributed by atoms with E-state index in [0.717, 1.165) is 22.1 Å². The van der Waals surface area contributed by atoms with Crippen LogP contribution in [0.15, 0.2) is 72.8 Å². The van der Waals surface area contributed by atoms with E-state index < -0.39 is 0 Å². The molecule has 2 nitrogen and oxygen atoms in total. The van der Waals surface area contributed by atoms with Gasteiger partial charge in [-0.1, -0.05) is 0 Å². The van der Waals surface area contributed by atoms with E-state index in [4.69, 9.17) is 0 Å². The molecule has 1 aromatic heterocycles. The number of allylic oxidation sites excluding steroid dienone is 2. The summed E-state index contributed by atoms with van der Waals surface area (Å²) in [5.41, 5.74) is 2.04. The molecule has 0 saturated carbocycles. The van der Waals surface area contributed by atoms with Crippen LogP contribution in [0.5, 0.6) is 0 Å². The van der Waals surface area contributed by atoms with Gasteiger partial charge in [0.05, 0.1) is 0 Å². The Hall–Kier alpha value is -2.09. The number of carbonyl (C=O) groups is 1. The fourth-order valence-electron chi connectivity index (χ4n) is 3.49. The van der Waals surface area contributed by atoms with Crippen LogP contribution in [0.1, 0.15) is 29.8 Å². The van der Waals surface area contributed by atoms with Crippen molar-refractivity contribution in [1.29, 1.82) is 0 Å². The summed E-state index contributed by atoms with van der Waals surface area (Å²) >= 11 is -0.185. The van der Waals surface area contributed by atoms with E-state index in [1.54, 1.807) is 0 Å². The second-order valence-electron chi connectivity index (χ2n) is 6.52. The third-order valence-corrected chi connectivity index (χ3v) is 6.64. The van der Waals surface area contributed by atoms with E-state index in [1.165, 1.54) is 24.8 Å². The Kier molecular flexibility index (Phi) is 4.87. The molecule has 0 aliphatic heterocycles. The summed E-state index contributed by atoms with van der Waals surface area (Å²) in [6, 6.07) is 20.5. The van der Waals surface area contributed by atoms with Crippen LogP contribution in [0.3, 0.4) is 0 Å². The summed E-state index contributed by atoms with van der Waals surface area (Å²) in [7, 11) is 0. The van der Waals surface area contributed by atoms with Crippen molar-refractivity contribution < 1.29 is 4.79 Å². The fourth-order valence-corrected chi connectivity index (χ4v) is 5.13. The Bertz CT molecular complexity index is 910. The molecule has 3 heteroatoms. The zero-order valence-electron chi connectivity index (χ0n) is 14.1. The summed E-state index contributed by atoms with van der Waals surface area (Å²) in [5.74, 6) is 0.528. The Balaban J connectivity index is 1.69. The molecule has 0 fully saturated rings. The van der Waals surface area contributed by atoms with Gasteiger partial charge in [0.15, 0.2) is 0 Å². The van der Waals surface area contributed by atoms with Gasteiger partial charge in [0.1, 0.15) is 0 Å². The molecule has 25 heavy (non-hydrogen) atoms. The topological polar surface area (TPSA) is 22.0 Å². The van der Waals surface area contributed by atoms with Gasteiger partial charge in [-0.2, -0.15) is 0 Å². The first-order valence-corrected chi connectivity index (χ1v) is 10.5. The summed E-state index contributed by atoms with van der Waals surface area (Å²) < 4.78 is 3.65. The number of hydrogen-bond acceptors (Lipinski definition) is 1. The third-order valence-electron chi connectivity index (χ3n) is 4.74. The normalized spacial score (nSPS) is 17.0. The minimum absolute atomic E-state index is 0.185. The van der Waals surface area contributed by atoms with Crippen LogP contribution in [0, 0.1) is 5.92 Å². The van der Waals surface area contributed by atoms with Crippen molar-refractivity contribution in [2.24, 2.45) is 5.92 Å². The molecule has 4 rings (SSSR count). The first-order chi connectivity index (χ1) is 12.3. The van der Waals surface area contributed by atoms with E-state index in [9.17, 15) is 4.79 Å². The van der Waals surface area contributed by atoms with Gasteiger partial charge in [0.2, 0.25) is 0 Å². The molecule has 1 heterocycles. The maximum absolute atomic E-state index is 13.0. The first-order valence-electron chi connectivity index (χ1n) is 8.83. The Morgan fingerprint density at radius 3 is 2.68 bits per heavy atom. The first kappa shape index (κ1) is 16.4. The van der Waals surface area contributed by atoms with Gasteiger partial charge in [-0.15, -0.1) is 0 Å². The van der Waals surface area contributed by atoms with Gasteiger partial charge in [0.25, 0.3) is 0 Å². The monoisotopic (exact) mass is 395 g/mol. The van der Waals surface area contributed by atoms with Gasteiger partial charge in [-0.25, -0.2) is 0 Å². The summed E-state index contributed by atoms with van der Waals surface area (Å²) in [6.07, 6.45) is 8.26. The standard InChI is InChI=1S/C22H21NOSe/c24-22(25-19-12-5-2-6-13-19)21-15-18-11-7-8-14-20(18)23(21)16-17-9-3-1-4-10-17/h2-3,5-9,11-15,17H,1,4,10,16H2. The van der Waals surface area contributed by atoms with Crippen LogP contribution in [-0.4, -0.2) is 24.2 Å². The molecule has 0 N–H and O–H groups in total. The van der Waals surface area contributed by atoms with Crippen molar-refractivity contribution in [3.05, 3.63) is 78.5 Å². The van der Waals surface area contributed by atoms with Gasteiger partial charge in [0, 0.05) is 0 Å². The van der Waals surface area contributed by atoms with Gasteiger partial charge in [-0.3, -0.25) is 0 Å². The summed E-state index contributed by atoms with van der Waals surface area (Å²) in [4.78, 5) is 13.0. The summed E-state index contributed by atoms with van der Waals surface area (Å²) in [5, 5.41) is 1.16. The van der Waals surface area contributed by atoms with E-state index in [1.807, 2.05) is 24.3 Å². The molecule has 0 bridgehead atoms. The van der Waals surface area contributed by atoms with Crippen molar-refractivity contribution >= 4 is 35.0 Å². The number of carbonyl (C=O) groups excluding carboxylic acids is 1. The second kappa shape index (κ2) is 7.43. The van der Waals surface area contributed by atoms with Crippen LogP contribution >= 0.6 is 0 Å². The van der Waals surface area contributed by atoms with E-state index in [-0.39, 0.29) is 19.6 Å². The second-order valence-corrected chi connectivity index (χ2v) is 8.72. The average Bonchev–Trinajstić information content (AvgIpc) is 3.02. The van der Waals surface area contributed by atoms with Gasteiger partial charge >= 0.3 is 155 Å². The predicted octanol–water partition coefficient (Wildman–Crippen LogP) is 4.17. The molecular formula is C22H21NOSe. The van der Waals surface area contributed by atoms with E-state index >= 15 is 0 Å². The van der Waals surface area contributed by atoms with Crippen LogP contribution < -0.4 is 4.46 Å². The van der Waals surface area contributed by atoms with Gasteiger partial charge < -0.3 is 0 Å². The molecule has 1 atom stereocenters. The summed E-state index contributed by atoms with van der Waals surface area (Å²) in [6.45, 7) is 0.899. The maximum atomic E-state index is 13.0. The Labute approximate surface area is 154 Å². The van der Waals surface area contributed by atoms with Crippen LogP contribution in [0.2, 0.25) is 0 Å². The molecule has 1 aliphatic rings. The molecule has 0 amide bonds. The number of benzene rings is 2. The number of rotatable bonds is 5. The molecule has 0 saturated heterocycles. The third kappa shape index (κ3) is 3.63. The van der Waals surface area contributed by atoms with Crippen LogP contribution in [-0.2, 0) is 6.54 Å². The zero-order valence-corrected chi connectivity index (χ0v) is 15.8. The molecule has 1 aliphatic carbocycles. The minimum atomic E-state index is -0.185. The zero-order chi connectivity index (χ0) is 17.1. The van der Waals surface area contributed by atoms with Crippen molar-refractivity contribution in [2.45, 2.75) is 25.8 Å². The van der Waals surface area contributed by atoms with Gasteiger partial charge in [-0.05, 0) is 0 Å². The van der Waals surface area contributed by atoms with Crippen LogP contribution in [0.4, 0.5) is 0 Å². The van der Waals surface area contributed by atoms with Crippen molar-refractivity contribution in [1.82, 2.24) is 4.57 Å². The average molecular weight is 394 g/mol. The molecule has 2 aromatic carbocycles. The quantitative estimate of drug-likeness (QED) is 0.470. The van der Waals surface area contributed by atoms with Crippen molar-refractivity contribution in [3.63, 3.8) is 0 Å².